The predicted molar refractivity (Wildman–Crippen MR) is 84.9 cm³/mol. The number of pyridine rings is 1. The van der Waals surface area contributed by atoms with Crippen molar-refractivity contribution < 1.29 is 9.90 Å². The Labute approximate surface area is 137 Å². The molecule has 0 aromatic carbocycles. The van der Waals surface area contributed by atoms with Gasteiger partial charge in [0.1, 0.15) is 6.33 Å². The van der Waals surface area contributed by atoms with Crippen LogP contribution in [0.4, 0.5) is 4.79 Å². The summed E-state index contributed by atoms with van der Waals surface area (Å²) in [5.41, 5.74) is -0.560. The van der Waals surface area contributed by atoms with E-state index < -0.39 is 17.7 Å². The molecule has 1 amide bonds. The van der Waals surface area contributed by atoms with Gasteiger partial charge in [-0.05, 0) is 55.8 Å². The molecule has 118 valence electrons. The van der Waals surface area contributed by atoms with Crippen molar-refractivity contribution in [2.24, 2.45) is 0 Å². The molecule has 0 spiro atoms. The third kappa shape index (κ3) is 3.27. The van der Waals surface area contributed by atoms with Gasteiger partial charge in [0, 0.05) is 16.2 Å². The van der Waals surface area contributed by atoms with Crippen LogP contribution in [0.1, 0.15) is 39.6 Å². The summed E-state index contributed by atoms with van der Waals surface area (Å²) in [4.78, 5) is 21.5. The van der Waals surface area contributed by atoms with Crippen molar-refractivity contribution in [2.75, 3.05) is 0 Å². The van der Waals surface area contributed by atoms with Gasteiger partial charge >= 0.3 is 6.09 Å². The highest BCUT2D eigenvalue weighted by atomic mass is 79.9. The number of hydrogen-bond acceptors (Lipinski definition) is 4. The molecule has 1 atom stereocenters. The van der Waals surface area contributed by atoms with E-state index >= 15 is 0 Å². The lowest BCUT2D eigenvalue weighted by atomic mass is 10.0. The number of hydrogen-bond donors (Lipinski definition) is 1. The fraction of sp³-hybridized carbons (Fsp3) is 0.429. The molecule has 2 aromatic heterocycles. The fourth-order valence-corrected chi connectivity index (χ4v) is 2.59. The molecule has 22 heavy (non-hydrogen) atoms. The summed E-state index contributed by atoms with van der Waals surface area (Å²) in [7, 11) is 0. The van der Waals surface area contributed by atoms with Gasteiger partial charge in [0.15, 0.2) is 11.6 Å². The number of nitrogens with zero attached hydrogens (tertiary/aromatic N) is 5. The minimum atomic E-state index is -1.00. The van der Waals surface area contributed by atoms with E-state index in [1.54, 1.807) is 23.9 Å². The first-order chi connectivity index (χ1) is 10.2. The molecule has 7 nitrogen and oxygen atoms in total. The molecule has 1 N–H and O–H groups in total. The molecule has 2 rings (SSSR count). The van der Waals surface area contributed by atoms with E-state index in [4.69, 9.17) is 0 Å². The van der Waals surface area contributed by atoms with Crippen LogP contribution in [0.2, 0.25) is 0 Å². The molecule has 2 heterocycles. The molecule has 0 bridgehead atoms. The summed E-state index contributed by atoms with van der Waals surface area (Å²) in [5, 5.41) is 13.7. The molecule has 2 aromatic rings. The summed E-state index contributed by atoms with van der Waals surface area (Å²) in [6, 6.07) is 3.17. The Kier molecular flexibility index (Phi) is 4.50. The van der Waals surface area contributed by atoms with Crippen LogP contribution in [0.3, 0.4) is 0 Å². The Morgan fingerprint density at radius 3 is 2.55 bits per heavy atom. The molecule has 0 fully saturated rings. The highest BCUT2D eigenvalue weighted by Gasteiger charge is 2.34. The van der Waals surface area contributed by atoms with Gasteiger partial charge in [-0.2, -0.15) is 9.78 Å². The zero-order valence-electron chi connectivity index (χ0n) is 12.9. The maximum absolute atomic E-state index is 11.6. The molecule has 8 heteroatoms. The molecule has 0 aliphatic rings. The first-order valence-electron chi connectivity index (χ1n) is 6.76. The summed E-state index contributed by atoms with van der Waals surface area (Å²) in [6.45, 7) is 7.32. The van der Waals surface area contributed by atoms with Crippen LogP contribution in [0, 0.1) is 0 Å². The molecule has 0 saturated heterocycles. The molecule has 0 radical (unpaired) electrons. The third-order valence-corrected chi connectivity index (χ3v) is 3.66. The summed E-state index contributed by atoms with van der Waals surface area (Å²) >= 11 is 3.33. The molecular weight excluding hydrogens is 350 g/mol. The van der Waals surface area contributed by atoms with E-state index in [1.165, 1.54) is 11.2 Å². The molecular formula is C14H18BrN5O2. The second-order valence-electron chi connectivity index (χ2n) is 5.86. The van der Waals surface area contributed by atoms with Gasteiger partial charge in [0.05, 0.1) is 6.04 Å². The number of aromatic nitrogens is 4. The minimum absolute atomic E-state index is 0.467. The van der Waals surface area contributed by atoms with Crippen molar-refractivity contribution in [1.29, 1.82) is 0 Å². The molecule has 0 aliphatic carbocycles. The van der Waals surface area contributed by atoms with Crippen molar-refractivity contribution >= 4 is 22.0 Å². The van der Waals surface area contributed by atoms with Crippen molar-refractivity contribution in [1.82, 2.24) is 24.6 Å². The Bertz CT molecular complexity index is 663. The summed E-state index contributed by atoms with van der Waals surface area (Å²) in [5.74, 6) is 1.11. The molecule has 0 unspecified atom stereocenters. The second-order valence-corrected chi connectivity index (χ2v) is 6.78. The lowest BCUT2D eigenvalue weighted by molar-refractivity contribution is 0.0720. The van der Waals surface area contributed by atoms with Crippen molar-refractivity contribution in [3.8, 4) is 5.82 Å². The van der Waals surface area contributed by atoms with E-state index in [1.807, 2.05) is 26.8 Å². The van der Waals surface area contributed by atoms with E-state index in [0.29, 0.717) is 11.6 Å². The fourth-order valence-electron chi connectivity index (χ4n) is 2.35. The summed E-state index contributed by atoms with van der Waals surface area (Å²) in [6.07, 6.45) is 2.06. The van der Waals surface area contributed by atoms with Crippen LogP contribution in [0.5, 0.6) is 0 Å². The van der Waals surface area contributed by atoms with E-state index in [9.17, 15) is 9.90 Å². The number of amides is 1. The maximum Gasteiger partial charge on any atom is 0.408 e. The van der Waals surface area contributed by atoms with E-state index in [2.05, 4.69) is 31.0 Å². The largest absolute Gasteiger partial charge is 0.465 e. The van der Waals surface area contributed by atoms with Crippen molar-refractivity contribution in [2.45, 2.75) is 39.3 Å². The zero-order chi connectivity index (χ0) is 16.5. The molecule has 0 aliphatic heterocycles. The summed E-state index contributed by atoms with van der Waals surface area (Å²) < 4.78 is 2.41. The monoisotopic (exact) mass is 367 g/mol. The van der Waals surface area contributed by atoms with Crippen LogP contribution in [0.25, 0.3) is 5.82 Å². The average Bonchev–Trinajstić information content (AvgIpc) is 2.86. The van der Waals surface area contributed by atoms with Gasteiger partial charge in [0.2, 0.25) is 0 Å². The number of rotatable bonds is 3. The Morgan fingerprint density at radius 1 is 1.36 bits per heavy atom. The Morgan fingerprint density at radius 2 is 2.05 bits per heavy atom. The maximum atomic E-state index is 11.6. The van der Waals surface area contributed by atoms with Crippen LogP contribution >= 0.6 is 15.9 Å². The van der Waals surface area contributed by atoms with Gasteiger partial charge in [-0.3, -0.25) is 4.90 Å². The van der Waals surface area contributed by atoms with Gasteiger partial charge in [-0.25, -0.2) is 14.8 Å². The standard InChI is InChI=1S/C14H18BrN5O2/c1-9(19(13(21)22)14(2,3)4)12-17-8-18-20(12)11-6-5-10(15)7-16-11/h5-9H,1-4H3,(H,21,22)/t9-/m0/s1. The van der Waals surface area contributed by atoms with Gasteiger partial charge in [-0.1, -0.05) is 0 Å². The SMILES string of the molecule is C[C@@H](c1ncnn1-c1ccc(Br)cn1)N(C(=O)O)C(C)(C)C. The number of carboxylic acid groups (broad SMARTS) is 1. The van der Waals surface area contributed by atoms with Crippen LogP contribution in [-0.2, 0) is 0 Å². The average molecular weight is 368 g/mol. The quantitative estimate of drug-likeness (QED) is 0.899. The zero-order valence-corrected chi connectivity index (χ0v) is 14.4. The Balaban J connectivity index is 2.43. The number of carbonyl (C=O) groups is 1. The van der Waals surface area contributed by atoms with E-state index in [0.717, 1.165) is 4.47 Å². The van der Waals surface area contributed by atoms with E-state index in [-0.39, 0.29) is 0 Å². The van der Waals surface area contributed by atoms with Crippen LogP contribution in [-0.4, -0.2) is 41.4 Å². The highest BCUT2D eigenvalue weighted by molar-refractivity contribution is 9.10. The lowest BCUT2D eigenvalue weighted by Crippen LogP contribution is -2.47. The Hall–Kier alpha value is -1.96. The minimum Gasteiger partial charge on any atom is -0.465 e. The first kappa shape index (κ1) is 16.4. The molecule has 0 saturated carbocycles. The smallest absolute Gasteiger partial charge is 0.408 e. The van der Waals surface area contributed by atoms with Gasteiger partial charge in [-0.15, -0.1) is 0 Å². The normalized spacial score (nSPS) is 13.0. The van der Waals surface area contributed by atoms with Crippen molar-refractivity contribution in [3.63, 3.8) is 0 Å². The lowest BCUT2D eigenvalue weighted by Gasteiger charge is -2.37. The van der Waals surface area contributed by atoms with Crippen LogP contribution < -0.4 is 0 Å². The second kappa shape index (κ2) is 6.04. The van der Waals surface area contributed by atoms with Crippen LogP contribution in [0.15, 0.2) is 29.1 Å². The first-order valence-corrected chi connectivity index (χ1v) is 7.55. The highest BCUT2D eigenvalue weighted by Crippen LogP contribution is 2.27. The van der Waals surface area contributed by atoms with Crippen molar-refractivity contribution in [3.05, 3.63) is 35.0 Å². The topological polar surface area (TPSA) is 84.1 Å². The third-order valence-electron chi connectivity index (χ3n) is 3.19. The number of halogens is 1. The van der Waals surface area contributed by atoms with Gasteiger partial charge < -0.3 is 5.11 Å². The van der Waals surface area contributed by atoms with Gasteiger partial charge in [0.25, 0.3) is 0 Å². The predicted octanol–water partition coefficient (Wildman–Crippen LogP) is 3.26.